The van der Waals surface area contributed by atoms with Gasteiger partial charge in [-0.25, -0.2) is 23.4 Å². The van der Waals surface area contributed by atoms with Crippen LogP contribution in [0.15, 0.2) is 77.9 Å². The van der Waals surface area contributed by atoms with Crippen molar-refractivity contribution >= 4 is 23.6 Å². The number of hydrogen-bond donors (Lipinski definition) is 2. The van der Waals surface area contributed by atoms with E-state index in [1.807, 2.05) is 6.92 Å². The largest absolute Gasteiger partial charge is 0.454 e. The van der Waals surface area contributed by atoms with Crippen molar-refractivity contribution in [1.82, 2.24) is 14.5 Å². The number of fused-ring (bicyclic) bond motifs is 1. The Labute approximate surface area is 220 Å². The Kier molecular flexibility index (Phi) is 6.91. The minimum Gasteiger partial charge on any atom is -0.454 e. The normalized spacial score (nSPS) is 12.4. The molecule has 0 radical (unpaired) electrons. The topological polar surface area (TPSA) is 115 Å². The first-order valence-electron chi connectivity index (χ1n) is 11.8. The molecule has 1 aliphatic heterocycles. The summed E-state index contributed by atoms with van der Waals surface area (Å²) in [5.74, 6) is -0.979. The molecule has 2 N–H and O–H groups in total. The van der Waals surface area contributed by atoms with Crippen LogP contribution in [-0.4, -0.2) is 33.1 Å². The first kappa shape index (κ1) is 25.4. The highest BCUT2D eigenvalue weighted by atomic mass is 19.1. The molecule has 198 valence electrons. The van der Waals surface area contributed by atoms with Crippen LogP contribution in [0.5, 0.6) is 17.2 Å². The van der Waals surface area contributed by atoms with Crippen molar-refractivity contribution in [3.05, 3.63) is 101 Å². The van der Waals surface area contributed by atoms with Gasteiger partial charge in [0.05, 0.1) is 12.1 Å². The second kappa shape index (κ2) is 10.6. The predicted octanol–water partition coefficient (Wildman–Crippen LogP) is 5.28. The molecule has 3 amide bonds. The fourth-order valence-corrected chi connectivity index (χ4v) is 3.91. The summed E-state index contributed by atoms with van der Waals surface area (Å²) in [5, 5.41) is 5.04. The van der Waals surface area contributed by atoms with Crippen molar-refractivity contribution in [3.8, 4) is 22.9 Å². The monoisotopic (exact) mass is 533 g/mol. The highest BCUT2D eigenvalue weighted by Crippen LogP contribution is 2.34. The van der Waals surface area contributed by atoms with Crippen LogP contribution in [-0.2, 0) is 6.54 Å². The Balaban J connectivity index is 1.29. The highest BCUT2D eigenvalue weighted by molar-refractivity contribution is 5.91. The second-order valence-corrected chi connectivity index (χ2v) is 8.37. The lowest BCUT2D eigenvalue weighted by Gasteiger charge is -2.28. The van der Waals surface area contributed by atoms with Gasteiger partial charge in [0.2, 0.25) is 0 Å². The van der Waals surface area contributed by atoms with Gasteiger partial charge in [-0.1, -0.05) is 0 Å². The minimum atomic E-state index is -1.02. The van der Waals surface area contributed by atoms with Gasteiger partial charge in [-0.2, -0.15) is 0 Å². The van der Waals surface area contributed by atoms with E-state index in [0.29, 0.717) is 29.4 Å². The van der Waals surface area contributed by atoms with Crippen LogP contribution < -0.4 is 25.7 Å². The van der Waals surface area contributed by atoms with Gasteiger partial charge in [0, 0.05) is 36.4 Å². The summed E-state index contributed by atoms with van der Waals surface area (Å²) in [6.45, 7) is 2.54. The number of nitrogens with one attached hydrogen (secondary N) is 2. The fraction of sp³-hybridized carbons (Fsp3) is 0.111. The van der Waals surface area contributed by atoms with E-state index in [-0.39, 0.29) is 29.8 Å². The van der Waals surface area contributed by atoms with Crippen molar-refractivity contribution in [3.63, 3.8) is 0 Å². The first-order valence-corrected chi connectivity index (χ1v) is 11.8. The smallest absolute Gasteiger partial charge is 0.417 e. The number of amides is 3. The molecule has 12 heteroatoms. The van der Waals surface area contributed by atoms with Crippen LogP contribution in [0.3, 0.4) is 0 Å². The Morgan fingerprint density at radius 2 is 1.85 bits per heavy atom. The van der Waals surface area contributed by atoms with Crippen LogP contribution in [0.2, 0.25) is 0 Å². The lowest BCUT2D eigenvalue weighted by molar-refractivity contribution is 0.208. The fourth-order valence-electron chi connectivity index (χ4n) is 3.91. The summed E-state index contributed by atoms with van der Waals surface area (Å²) in [7, 11) is 0. The summed E-state index contributed by atoms with van der Waals surface area (Å²) in [5.41, 5.74) is 0.386. The molecule has 0 unspecified atom stereocenters. The van der Waals surface area contributed by atoms with E-state index in [1.165, 1.54) is 65.5 Å². The molecule has 4 aromatic rings. The van der Waals surface area contributed by atoms with E-state index in [2.05, 4.69) is 15.6 Å². The lowest BCUT2D eigenvalue weighted by atomic mass is 10.2. The molecule has 2 aromatic heterocycles. The van der Waals surface area contributed by atoms with Crippen LogP contribution in [0.25, 0.3) is 5.69 Å². The molecule has 2 aromatic carbocycles. The van der Waals surface area contributed by atoms with Crippen LogP contribution in [0.1, 0.15) is 12.5 Å². The average Bonchev–Trinajstić information content (AvgIpc) is 2.91. The molecule has 0 atom stereocenters. The molecule has 0 aliphatic carbocycles. The van der Waals surface area contributed by atoms with Gasteiger partial charge in [0.25, 0.3) is 5.56 Å². The number of benzene rings is 2. The Bertz CT molecular complexity index is 1620. The average molecular weight is 533 g/mol. The maximum atomic E-state index is 14.9. The Hall–Kier alpha value is -5.26. The van der Waals surface area contributed by atoms with Gasteiger partial charge in [-0.3, -0.25) is 20.0 Å². The third-order valence-corrected chi connectivity index (χ3v) is 5.87. The number of carbonyl (C=O) groups excluding carboxylic acids is 2. The van der Waals surface area contributed by atoms with Gasteiger partial charge in [0.15, 0.2) is 17.3 Å². The van der Waals surface area contributed by atoms with Crippen molar-refractivity contribution in [2.75, 3.05) is 17.2 Å². The van der Waals surface area contributed by atoms with Crippen LogP contribution >= 0.6 is 0 Å². The number of anilines is 2. The predicted molar refractivity (Wildman–Crippen MR) is 137 cm³/mol. The summed E-state index contributed by atoms with van der Waals surface area (Å²) < 4.78 is 40.2. The van der Waals surface area contributed by atoms with Crippen molar-refractivity contribution in [2.24, 2.45) is 0 Å². The maximum absolute atomic E-state index is 14.9. The quantitative estimate of drug-likeness (QED) is 0.349. The molecule has 0 spiro atoms. The van der Waals surface area contributed by atoms with E-state index in [9.17, 15) is 23.2 Å². The molecule has 0 saturated carbocycles. The molecule has 0 fully saturated rings. The number of pyridine rings is 2. The summed E-state index contributed by atoms with van der Waals surface area (Å²) in [4.78, 5) is 42.9. The zero-order valence-corrected chi connectivity index (χ0v) is 20.5. The zero-order valence-electron chi connectivity index (χ0n) is 20.5. The van der Waals surface area contributed by atoms with Crippen molar-refractivity contribution in [1.29, 1.82) is 0 Å². The molecule has 39 heavy (non-hydrogen) atoms. The first-order chi connectivity index (χ1) is 18.8. The molecule has 0 saturated heterocycles. The van der Waals surface area contributed by atoms with Gasteiger partial charge in [-0.05, 0) is 61.5 Å². The Morgan fingerprint density at radius 1 is 1.05 bits per heavy atom. The number of ether oxygens (including phenoxy) is 2. The van der Waals surface area contributed by atoms with Gasteiger partial charge >= 0.3 is 12.1 Å². The molecule has 1 aliphatic rings. The van der Waals surface area contributed by atoms with Gasteiger partial charge in [-0.15, -0.1) is 0 Å². The molecule has 5 rings (SSSR count). The number of urea groups is 1. The van der Waals surface area contributed by atoms with E-state index in [1.54, 1.807) is 11.0 Å². The summed E-state index contributed by atoms with van der Waals surface area (Å²) >= 11 is 0. The number of halogens is 2. The number of nitrogens with zero attached hydrogens (tertiary/aromatic N) is 3. The SMILES string of the molecule is CCN1Cc2c(Oc3ccc(NC(=O)Oc4cccn(-c5ccc(F)cc5)c4=O)cc3F)ccnc2NC1=O. The molecule has 0 bridgehead atoms. The molecule has 3 heterocycles. The van der Waals surface area contributed by atoms with Gasteiger partial charge in [0.1, 0.15) is 17.4 Å². The van der Waals surface area contributed by atoms with Crippen molar-refractivity contribution in [2.45, 2.75) is 13.5 Å². The number of hydrogen-bond acceptors (Lipinski definition) is 6. The standard InChI is InChI=1S/C27H21F2N5O5/c1-2-33-15-19-21(11-12-30-24(19)32-26(33)36)38-22-10-7-17(14-20(22)29)31-27(37)39-23-4-3-13-34(25(23)35)18-8-5-16(28)6-9-18/h3-14H,2,15H2,1H3,(H,31,37)(H,30,32,36). The molecule has 10 nitrogen and oxygen atoms in total. The van der Waals surface area contributed by atoms with E-state index in [4.69, 9.17) is 9.47 Å². The summed E-state index contributed by atoms with van der Waals surface area (Å²) in [6, 6.07) is 13.0. The van der Waals surface area contributed by atoms with Gasteiger partial charge < -0.3 is 14.4 Å². The third kappa shape index (κ3) is 5.39. The lowest BCUT2D eigenvalue weighted by Crippen LogP contribution is -2.38. The second-order valence-electron chi connectivity index (χ2n) is 8.37. The molecular formula is C27H21F2N5O5. The molecular weight excluding hydrogens is 512 g/mol. The number of rotatable bonds is 6. The number of aromatic nitrogens is 2. The number of carbonyl (C=O) groups is 2. The highest BCUT2D eigenvalue weighted by Gasteiger charge is 2.25. The van der Waals surface area contributed by atoms with E-state index in [0.717, 1.165) is 6.07 Å². The zero-order chi connectivity index (χ0) is 27.5. The summed E-state index contributed by atoms with van der Waals surface area (Å²) in [6.07, 6.45) is 1.87. The van der Waals surface area contributed by atoms with Crippen LogP contribution in [0, 0.1) is 11.6 Å². The minimum absolute atomic E-state index is 0.0563. The third-order valence-electron chi connectivity index (χ3n) is 5.87. The van der Waals surface area contributed by atoms with Crippen LogP contribution in [0.4, 0.5) is 29.9 Å². The Morgan fingerprint density at radius 3 is 2.59 bits per heavy atom. The maximum Gasteiger partial charge on any atom is 0.417 e. The van der Waals surface area contributed by atoms with E-state index >= 15 is 0 Å². The van der Waals surface area contributed by atoms with Crippen molar-refractivity contribution < 1.29 is 27.8 Å². The van der Waals surface area contributed by atoms with E-state index < -0.39 is 23.3 Å².